The first-order valence-corrected chi connectivity index (χ1v) is 17.1. The second kappa shape index (κ2) is 30.8. The lowest BCUT2D eigenvalue weighted by atomic mass is 9.85. The van der Waals surface area contributed by atoms with E-state index in [1.54, 1.807) is 47.3 Å². The zero-order valence-electron chi connectivity index (χ0n) is 30.8. The predicted molar refractivity (Wildman–Crippen MR) is 193 cm³/mol. The second-order valence-electron chi connectivity index (χ2n) is 11.1. The van der Waals surface area contributed by atoms with E-state index in [1.807, 2.05) is 19.9 Å². The molecule has 5 N–H and O–H groups in total. The van der Waals surface area contributed by atoms with Gasteiger partial charge < -0.3 is 40.6 Å². The molecule has 0 spiro atoms. The van der Waals surface area contributed by atoms with E-state index in [9.17, 15) is 0 Å². The van der Waals surface area contributed by atoms with Crippen molar-refractivity contribution in [1.82, 2.24) is 30.2 Å². The average Bonchev–Trinajstić information content (AvgIpc) is 3.08. The maximum absolute atomic E-state index is 5.21. The molecule has 0 unspecified atom stereocenters. The number of nitrogens with zero attached hydrogens (tertiary/aromatic N) is 5. The lowest BCUT2D eigenvalue weighted by Gasteiger charge is -2.43. The molecule has 2 aromatic rings. The highest BCUT2D eigenvalue weighted by atomic mass is 16.5. The maximum Gasteiger partial charge on any atom is 0.129 e. The third kappa shape index (κ3) is 21.1. The summed E-state index contributed by atoms with van der Waals surface area (Å²) in [6, 6.07) is 5.71. The van der Waals surface area contributed by atoms with Crippen LogP contribution in [0.15, 0.2) is 31.0 Å². The van der Waals surface area contributed by atoms with Gasteiger partial charge in [-0.05, 0) is 51.1 Å². The van der Waals surface area contributed by atoms with Crippen LogP contribution in [0.5, 0.6) is 0 Å². The van der Waals surface area contributed by atoms with Crippen LogP contribution in [0.2, 0.25) is 0 Å². The molecule has 13 nitrogen and oxygen atoms in total. The molecule has 2 aliphatic carbocycles. The summed E-state index contributed by atoms with van der Waals surface area (Å²) in [7, 11) is 8.39. The third-order valence-corrected chi connectivity index (χ3v) is 7.43. The first-order valence-electron chi connectivity index (χ1n) is 17.1. The van der Waals surface area contributed by atoms with Crippen molar-refractivity contribution in [2.75, 3.05) is 98.7 Å². The van der Waals surface area contributed by atoms with Crippen molar-refractivity contribution in [3.05, 3.63) is 36.7 Å². The Bertz CT molecular complexity index is 923. The molecule has 0 aliphatic heterocycles. The average molecular weight is 666 g/mol. The minimum Gasteiger partial charge on any atom is -0.383 e. The van der Waals surface area contributed by atoms with Crippen molar-refractivity contribution in [3.63, 3.8) is 0 Å². The lowest BCUT2D eigenvalue weighted by Crippen LogP contribution is -2.51. The summed E-state index contributed by atoms with van der Waals surface area (Å²) in [5.41, 5.74) is 5.58. The predicted octanol–water partition coefficient (Wildman–Crippen LogP) is 4.05. The Labute approximate surface area is 285 Å². The van der Waals surface area contributed by atoms with E-state index in [4.69, 9.17) is 18.9 Å². The highest BCUT2D eigenvalue weighted by Crippen LogP contribution is 2.28. The number of nitrogens with two attached hydrogens (primary N) is 1. The largest absolute Gasteiger partial charge is 0.383 e. The topological polar surface area (TPSA) is 154 Å². The van der Waals surface area contributed by atoms with Crippen molar-refractivity contribution in [2.24, 2.45) is 5.73 Å². The summed E-state index contributed by atoms with van der Waals surface area (Å²) in [4.78, 5) is 19.0. The van der Waals surface area contributed by atoms with E-state index in [-0.39, 0.29) is 0 Å². The number of anilines is 2. The Kier molecular flexibility index (Phi) is 29.1. The van der Waals surface area contributed by atoms with Crippen LogP contribution in [0.4, 0.5) is 11.6 Å². The maximum atomic E-state index is 5.21. The summed E-state index contributed by atoms with van der Waals surface area (Å²) < 4.78 is 20.1. The second-order valence-corrected chi connectivity index (χ2v) is 11.1. The van der Waals surface area contributed by atoms with Crippen LogP contribution >= 0.6 is 0 Å². The number of hydrogen-bond donors (Lipinski definition) is 4. The van der Waals surface area contributed by atoms with Gasteiger partial charge >= 0.3 is 0 Å². The van der Waals surface area contributed by atoms with Crippen LogP contribution in [-0.2, 0) is 18.9 Å². The Morgan fingerprint density at radius 3 is 1.81 bits per heavy atom. The fourth-order valence-electron chi connectivity index (χ4n) is 4.49. The summed E-state index contributed by atoms with van der Waals surface area (Å²) in [5, 5.41) is 9.99. The van der Waals surface area contributed by atoms with E-state index in [0.717, 1.165) is 82.8 Å². The lowest BCUT2D eigenvalue weighted by molar-refractivity contribution is 0.0546. The smallest absolute Gasteiger partial charge is 0.129 e. The molecule has 2 saturated carbocycles. The molecule has 0 saturated heterocycles. The molecule has 0 bridgehead atoms. The fraction of sp³-hybridized carbons (Fsp3) is 0.765. The molecule has 0 amide bonds. The van der Waals surface area contributed by atoms with Gasteiger partial charge in [-0.2, -0.15) is 0 Å². The number of ether oxygens (including phenoxy) is 4. The molecular formula is C34H67N9O4. The molecule has 2 aromatic heterocycles. The van der Waals surface area contributed by atoms with E-state index in [2.05, 4.69) is 66.4 Å². The Hall–Kier alpha value is -2.52. The molecule has 0 radical (unpaired) electrons. The molecule has 4 rings (SSSR count). The van der Waals surface area contributed by atoms with Gasteiger partial charge in [0.15, 0.2) is 0 Å². The van der Waals surface area contributed by atoms with Gasteiger partial charge in [-0.25, -0.2) is 19.9 Å². The molecule has 0 atom stereocenters. The monoisotopic (exact) mass is 666 g/mol. The van der Waals surface area contributed by atoms with Gasteiger partial charge in [-0.15, -0.1) is 0 Å². The van der Waals surface area contributed by atoms with Gasteiger partial charge in [0.25, 0.3) is 0 Å². The summed E-state index contributed by atoms with van der Waals surface area (Å²) in [6.07, 6.45) is 11.2. The normalized spacial score (nSPS) is 16.4. The quantitative estimate of drug-likeness (QED) is 0.170. The van der Waals surface area contributed by atoms with Crippen molar-refractivity contribution >= 4 is 11.6 Å². The van der Waals surface area contributed by atoms with Crippen molar-refractivity contribution in [3.8, 4) is 0 Å². The number of hydrogen-bond acceptors (Lipinski definition) is 13. The van der Waals surface area contributed by atoms with Gasteiger partial charge in [0.1, 0.15) is 24.3 Å². The van der Waals surface area contributed by atoms with Crippen LogP contribution in [0.1, 0.15) is 71.4 Å². The standard InChI is InChI=1S/C17H30N4O2.C8H11N3.C6H15NO2.C2H6.CH5N/c1-13(2)16-11-17(19-12-18-16)20-14-9-15(10-14)21(5-7-22-3)6-8-23-4;1-2-7(3-1)11-8-4-5-9-6-10-8;1-8-5-3-7-4-6-9-2;2*1-2/h11-15H,5-10H2,1-4H3,(H,18,19,20);4-7H,1-3H2,(H,9,10,11);7H,3-6H2,1-2H3;1-2H3;2H2,1H3. The number of aromatic nitrogens is 4. The van der Waals surface area contributed by atoms with Gasteiger partial charge in [0.05, 0.1) is 26.4 Å². The van der Waals surface area contributed by atoms with Crippen LogP contribution in [0, 0.1) is 0 Å². The first-order chi connectivity index (χ1) is 23.0. The van der Waals surface area contributed by atoms with Gasteiger partial charge in [0, 0.05) is 90.7 Å². The molecule has 0 aromatic carbocycles. The Morgan fingerprint density at radius 1 is 0.787 bits per heavy atom. The van der Waals surface area contributed by atoms with E-state index in [1.165, 1.54) is 26.3 Å². The Morgan fingerprint density at radius 2 is 1.34 bits per heavy atom. The van der Waals surface area contributed by atoms with E-state index >= 15 is 0 Å². The minimum absolute atomic E-state index is 0.422. The highest BCUT2D eigenvalue weighted by Gasteiger charge is 2.33. The molecule has 47 heavy (non-hydrogen) atoms. The van der Waals surface area contributed by atoms with E-state index < -0.39 is 0 Å². The minimum atomic E-state index is 0.422. The van der Waals surface area contributed by atoms with Crippen molar-refractivity contribution in [2.45, 2.75) is 83.8 Å². The zero-order chi connectivity index (χ0) is 35.1. The summed E-state index contributed by atoms with van der Waals surface area (Å²) >= 11 is 0. The zero-order valence-corrected chi connectivity index (χ0v) is 30.8. The first kappa shape index (κ1) is 44.5. The van der Waals surface area contributed by atoms with Crippen LogP contribution in [-0.4, -0.2) is 131 Å². The number of methoxy groups -OCH3 is 4. The van der Waals surface area contributed by atoms with Gasteiger partial charge in [-0.1, -0.05) is 27.7 Å². The highest BCUT2D eigenvalue weighted by molar-refractivity contribution is 5.37. The summed E-state index contributed by atoms with van der Waals surface area (Å²) in [6.45, 7) is 15.1. The summed E-state index contributed by atoms with van der Waals surface area (Å²) in [5.74, 6) is 2.31. The van der Waals surface area contributed by atoms with Crippen LogP contribution < -0.4 is 21.7 Å². The van der Waals surface area contributed by atoms with Gasteiger partial charge in [0.2, 0.25) is 0 Å². The van der Waals surface area contributed by atoms with Crippen molar-refractivity contribution in [1.29, 1.82) is 0 Å². The molecule has 2 fully saturated rings. The van der Waals surface area contributed by atoms with E-state index in [0.29, 0.717) is 24.0 Å². The van der Waals surface area contributed by atoms with Gasteiger partial charge in [-0.3, -0.25) is 4.90 Å². The third-order valence-electron chi connectivity index (χ3n) is 7.43. The molecular weight excluding hydrogens is 598 g/mol. The fourth-order valence-corrected chi connectivity index (χ4v) is 4.49. The molecule has 2 heterocycles. The Balaban J connectivity index is 0.000000731. The van der Waals surface area contributed by atoms with Crippen LogP contribution in [0.3, 0.4) is 0 Å². The molecule has 272 valence electrons. The van der Waals surface area contributed by atoms with Crippen LogP contribution in [0.25, 0.3) is 0 Å². The number of nitrogens with one attached hydrogen (secondary N) is 3. The number of rotatable bonds is 18. The molecule has 2 aliphatic rings. The SMILES string of the molecule is CC.CN.COCCN(CCOC)C1CC(Nc2cc(C(C)C)ncn2)C1.COCCNCCOC.c1cc(NC2CCC2)ncn1. The van der Waals surface area contributed by atoms with Crippen molar-refractivity contribution < 1.29 is 18.9 Å². The molecule has 13 heteroatoms.